The van der Waals surface area contributed by atoms with Crippen LogP contribution in [0.5, 0.6) is 0 Å². The van der Waals surface area contributed by atoms with Gasteiger partial charge in [0.1, 0.15) is 6.61 Å². The molecule has 8 heteroatoms. The summed E-state index contributed by atoms with van der Waals surface area (Å²) in [5.41, 5.74) is 0. The number of ether oxygens (including phenoxy) is 2. The SMILES string of the molecule is C=CCCCCC(=O)OCCNC(=O)[C@H](CC=C)CC(=O)NCCOCCO. The summed E-state index contributed by atoms with van der Waals surface area (Å²) < 4.78 is 10.1. The molecular weight excluding hydrogens is 364 g/mol. The lowest BCUT2D eigenvalue weighted by atomic mass is 10.00. The van der Waals surface area contributed by atoms with Gasteiger partial charge in [-0.3, -0.25) is 14.4 Å². The second-order valence-electron chi connectivity index (χ2n) is 6.16. The number of aliphatic hydroxyl groups excluding tert-OH is 1. The number of allylic oxidation sites excluding steroid dienone is 2. The van der Waals surface area contributed by atoms with Crippen LogP contribution >= 0.6 is 0 Å². The second-order valence-corrected chi connectivity index (χ2v) is 6.16. The van der Waals surface area contributed by atoms with Gasteiger partial charge in [-0.2, -0.15) is 0 Å². The standard InChI is InChI=1S/C20H34N2O6/c1-3-5-6-7-9-19(25)28-14-11-22-20(26)17(8-4-2)16-18(24)21-10-13-27-15-12-23/h3-4,17,23H,1-2,5-16H2,(H,21,24)(H,22,26)/t17-/m1/s1. The molecule has 0 aliphatic carbocycles. The molecule has 0 radical (unpaired) electrons. The number of nitrogens with one attached hydrogen (secondary N) is 2. The van der Waals surface area contributed by atoms with Crippen LogP contribution in [0.2, 0.25) is 0 Å². The minimum Gasteiger partial charge on any atom is -0.464 e. The van der Waals surface area contributed by atoms with Gasteiger partial charge >= 0.3 is 5.97 Å². The van der Waals surface area contributed by atoms with Gasteiger partial charge in [-0.1, -0.05) is 12.2 Å². The van der Waals surface area contributed by atoms with Crippen molar-refractivity contribution in [3.05, 3.63) is 25.3 Å². The number of hydrogen-bond donors (Lipinski definition) is 3. The molecule has 0 aromatic heterocycles. The Morgan fingerprint density at radius 2 is 1.75 bits per heavy atom. The summed E-state index contributed by atoms with van der Waals surface area (Å²) in [5.74, 6) is -1.37. The summed E-state index contributed by atoms with van der Waals surface area (Å²) >= 11 is 0. The number of aliphatic hydroxyl groups is 1. The molecule has 2 amide bonds. The highest BCUT2D eigenvalue weighted by molar-refractivity contribution is 5.85. The molecule has 0 saturated carbocycles. The first-order valence-corrected chi connectivity index (χ1v) is 9.65. The van der Waals surface area contributed by atoms with E-state index in [2.05, 4.69) is 23.8 Å². The van der Waals surface area contributed by atoms with E-state index >= 15 is 0 Å². The summed E-state index contributed by atoms with van der Waals surface area (Å²) in [5, 5.41) is 13.9. The van der Waals surface area contributed by atoms with Crippen molar-refractivity contribution in [3.63, 3.8) is 0 Å². The molecule has 0 aliphatic rings. The smallest absolute Gasteiger partial charge is 0.305 e. The Morgan fingerprint density at radius 3 is 2.43 bits per heavy atom. The lowest BCUT2D eigenvalue weighted by Crippen LogP contribution is -2.37. The van der Waals surface area contributed by atoms with Crippen LogP contribution in [0.3, 0.4) is 0 Å². The molecule has 3 N–H and O–H groups in total. The van der Waals surface area contributed by atoms with E-state index in [4.69, 9.17) is 14.6 Å². The second kappa shape index (κ2) is 18.2. The van der Waals surface area contributed by atoms with Gasteiger partial charge in [0, 0.05) is 19.4 Å². The molecule has 160 valence electrons. The van der Waals surface area contributed by atoms with Gasteiger partial charge in [-0.25, -0.2) is 0 Å². The predicted octanol–water partition coefficient (Wildman–Crippen LogP) is 1.10. The Labute approximate surface area is 167 Å². The van der Waals surface area contributed by atoms with E-state index in [1.165, 1.54) is 0 Å². The highest BCUT2D eigenvalue weighted by atomic mass is 16.5. The quantitative estimate of drug-likeness (QED) is 0.181. The monoisotopic (exact) mass is 398 g/mol. The molecule has 0 aliphatic heterocycles. The third kappa shape index (κ3) is 14.9. The highest BCUT2D eigenvalue weighted by Gasteiger charge is 2.20. The molecule has 0 unspecified atom stereocenters. The fourth-order valence-corrected chi connectivity index (χ4v) is 2.32. The number of esters is 1. The van der Waals surface area contributed by atoms with Crippen molar-refractivity contribution in [2.45, 2.75) is 38.5 Å². The lowest BCUT2D eigenvalue weighted by Gasteiger charge is -2.15. The Hall–Kier alpha value is -2.19. The van der Waals surface area contributed by atoms with E-state index in [0.717, 1.165) is 19.3 Å². The molecule has 0 heterocycles. The molecule has 0 fully saturated rings. The number of amides is 2. The average molecular weight is 399 g/mol. The lowest BCUT2D eigenvalue weighted by molar-refractivity contribution is -0.144. The summed E-state index contributed by atoms with van der Waals surface area (Å²) in [6.07, 6.45) is 6.66. The maximum Gasteiger partial charge on any atom is 0.305 e. The van der Waals surface area contributed by atoms with Crippen molar-refractivity contribution in [3.8, 4) is 0 Å². The molecular formula is C20H34N2O6. The first-order chi connectivity index (χ1) is 13.5. The van der Waals surface area contributed by atoms with E-state index in [1.54, 1.807) is 6.08 Å². The Morgan fingerprint density at radius 1 is 1.00 bits per heavy atom. The zero-order valence-corrected chi connectivity index (χ0v) is 16.6. The van der Waals surface area contributed by atoms with E-state index in [0.29, 0.717) is 26.0 Å². The van der Waals surface area contributed by atoms with Gasteiger partial charge in [-0.15, -0.1) is 13.2 Å². The summed E-state index contributed by atoms with van der Waals surface area (Å²) in [6, 6.07) is 0. The van der Waals surface area contributed by atoms with Crippen LogP contribution in [-0.2, 0) is 23.9 Å². The minimum absolute atomic E-state index is 0.0287. The van der Waals surface area contributed by atoms with E-state index < -0.39 is 5.92 Å². The maximum atomic E-state index is 12.2. The Kier molecular flexibility index (Phi) is 16.8. The molecule has 28 heavy (non-hydrogen) atoms. The first-order valence-electron chi connectivity index (χ1n) is 9.65. The number of carbonyl (C=O) groups is 3. The topological polar surface area (TPSA) is 114 Å². The zero-order valence-electron chi connectivity index (χ0n) is 16.6. The third-order valence-corrected chi connectivity index (χ3v) is 3.76. The Bertz CT molecular complexity index is 481. The molecule has 0 rings (SSSR count). The summed E-state index contributed by atoms with van der Waals surface area (Å²) in [7, 11) is 0. The molecule has 0 saturated heterocycles. The number of carbonyl (C=O) groups excluding carboxylic acids is 3. The van der Waals surface area contributed by atoms with Gasteiger partial charge in [0.15, 0.2) is 0 Å². The normalized spacial score (nSPS) is 11.3. The number of hydrogen-bond acceptors (Lipinski definition) is 6. The van der Waals surface area contributed by atoms with E-state index in [9.17, 15) is 14.4 Å². The van der Waals surface area contributed by atoms with Gasteiger partial charge in [0.25, 0.3) is 0 Å². The van der Waals surface area contributed by atoms with Gasteiger partial charge in [0.05, 0.1) is 32.3 Å². The van der Waals surface area contributed by atoms with Crippen LogP contribution in [0, 0.1) is 5.92 Å². The average Bonchev–Trinajstić information content (AvgIpc) is 2.68. The van der Waals surface area contributed by atoms with Crippen LogP contribution < -0.4 is 10.6 Å². The van der Waals surface area contributed by atoms with Crippen molar-refractivity contribution in [1.29, 1.82) is 0 Å². The first kappa shape index (κ1) is 25.8. The van der Waals surface area contributed by atoms with E-state index in [-0.39, 0.29) is 50.6 Å². The summed E-state index contributed by atoms with van der Waals surface area (Å²) in [4.78, 5) is 35.7. The van der Waals surface area contributed by atoms with Gasteiger partial charge in [0.2, 0.25) is 11.8 Å². The van der Waals surface area contributed by atoms with Crippen LogP contribution in [0.25, 0.3) is 0 Å². The summed E-state index contributed by atoms with van der Waals surface area (Å²) in [6.45, 7) is 8.29. The fraction of sp³-hybridized carbons (Fsp3) is 0.650. The van der Waals surface area contributed by atoms with Crippen LogP contribution in [0.15, 0.2) is 25.3 Å². The Balaban J connectivity index is 4.02. The van der Waals surface area contributed by atoms with Crippen LogP contribution in [-0.4, -0.2) is 62.4 Å². The van der Waals surface area contributed by atoms with Crippen molar-refractivity contribution < 1.29 is 29.0 Å². The molecule has 1 atom stereocenters. The molecule has 0 spiro atoms. The van der Waals surface area contributed by atoms with Crippen LogP contribution in [0.4, 0.5) is 0 Å². The zero-order chi connectivity index (χ0) is 21.0. The molecule has 0 aromatic rings. The predicted molar refractivity (Wildman–Crippen MR) is 106 cm³/mol. The van der Waals surface area contributed by atoms with E-state index in [1.807, 2.05) is 6.08 Å². The van der Waals surface area contributed by atoms with Crippen LogP contribution in [0.1, 0.15) is 38.5 Å². The molecule has 0 bridgehead atoms. The van der Waals surface area contributed by atoms with Gasteiger partial charge < -0.3 is 25.2 Å². The number of rotatable bonds is 18. The number of unbranched alkanes of at least 4 members (excludes halogenated alkanes) is 2. The largest absolute Gasteiger partial charge is 0.464 e. The van der Waals surface area contributed by atoms with Gasteiger partial charge in [-0.05, 0) is 25.7 Å². The van der Waals surface area contributed by atoms with Crippen molar-refractivity contribution in [1.82, 2.24) is 10.6 Å². The minimum atomic E-state index is -0.537. The van der Waals surface area contributed by atoms with Crippen molar-refractivity contribution >= 4 is 17.8 Å². The maximum absolute atomic E-state index is 12.2. The van der Waals surface area contributed by atoms with Crippen molar-refractivity contribution in [2.75, 3.05) is 39.5 Å². The molecule has 0 aromatic carbocycles. The fourth-order valence-electron chi connectivity index (χ4n) is 2.32. The highest BCUT2D eigenvalue weighted by Crippen LogP contribution is 2.09. The molecule has 8 nitrogen and oxygen atoms in total. The van der Waals surface area contributed by atoms with Crippen molar-refractivity contribution in [2.24, 2.45) is 5.92 Å². The third-order valence-electron chi connectivity index (χ3n) is 3.76.